The average molecular weight is 475 g/mol. The molecular formula is C26H42NiP2+2. The van der Waals surface area contributed by atoms with E-state index in [2.05, 4.69) is 102 Å². The minimum atomic E-state index is 0. The largest absolute Gasteiger partial charge is 0.0616 e. The van der Waals surface area contributed by atoms with Gasteiger partial charge >= 0.3 is 0 Å². The molecule has 164 valence electrons. The van der Waals surface area contributed by atoms with Crippen LogP contribution in [0, 0.1) is 0 Å². The maximum Gasteiger partial charge on any atom is 0.0543 e. The standard InChI is InChI=1S/C14H10.2C6H15P.Ni/c1-3-7-13-11(5-1)9-10-12-6-2-4-8-14(12)13;2*1-4-7(5-2)6-3;/h1-10H;2*4-6H2,1-3H3;/p+2. The molecule has 0 aliphatic heterocycles. The summed E-state index contributed by atoms with van der Waals surface area (Å²) >= 11 is 0. The summed E-state index contributed by atoms with van der Waals surface area (Å²) in [5.41, 5.74) is 0. The monoisotopic (exact) mass is 474 g/mol. The summed E-state index contributed by atoms with van der Waals surface area (Å²) in [4.78, 5) is 0. The van der Waals surface area contributed by atoms with E-state index in [0.29, 0.717) is 0 Å². The Morgan fingerprint density at radius 2 is 0.724 bits per heavy atom. The summed E-state index contributed by atoms with van der Waals surface area (Å²) in [5, 5.41) is 5.30. The van der Waals surface area contributed by atoms with Gasteiger partial charge in [0.15, 0.2) is 0 Å². The van der Waals surface area contributed by atoms with Crippen molar-refractivity contribution in [3.63, 3.8) is 0 Å². The fourth-order valence-corrected chi connectivity index (χ4v) is 6.45. The Hall–Kier alpha value is -0.466. The maximum absolute atomic E-state index is 2.31. The molecule has 0 aliphatic rings. The minimum absolute atomic E-state index is 0. The van der Waals surface area contributed by atoms with Crippen LogP contribution in [0.3, 0.4) is 0 Å². The summed E-state index contributed by atoms with van der Waals surface area (Å²) in [7, 11) is 0.275. The van der Waals surface area contributed by atoms with Crippen LogP contribution in [0.15, 0.2) is 60.7 Å². The van der Waals surface area contributed by atoms with E-state index < -0.39 is 0 Å². The first kappa shape index (κ1) is 28.5. The first-order valence-electron chi connectivity index (χ1n) is 11.2. The molecule has 0 fully saturated rings. The topological polar surface area (TPSA) is 0 Å². The average Bonchev–Trinajstić information content (AvgIpc) is 2.77. The van der Waals surface area contributed by atoms with Crippen molar-refractivity contribution >= 4 is 37.4 Å². The third-order valence-electron chi connectivity index (χ3n) is 5.65. The Balaban J connectivity index is 0.000000451. The zero-order valence-corrected chi connectivity index (χ0v) is 22.3. The Bertz CT molecular complexity index is 702. The van der Waals surface area contributed by atoms with Gasteiger partial charge in [0.05, 0.1) is 37.0 Å². The molecule has 0 spiro atoms. The fourth-order valence-electron chi connectivity index (χ4n) is 3.45. The van der Waals surface area contributed by atoms with Crippen LogP contribution in [0.2, 0.25) is 0 Å². The predicted octanol–water partition coefficient (Wildman–Crippen LogP) is 8.51. The van der Waals surface area contributed by atoms with Crippen LogP contribution in [-0.4, -0.2) is 37.0 Å². The first-order valence-corrected chi connectivity index (χ1v) is 15.4. The Morgan fingerprint density at radius 1 is 0.448 bits per heavy atom. The van der Waals surface area contributed by atoms with Crippen LogP contribution < -0.4 is 0 Å². The van der Waals surface area contributed by atoms with Crippen LogP contribution in [-0.2, 0) is 16.5 Å². The summed E-state index contributed by atoms with van der Waals surface area (Å²) in [5.74, 6) is 0. The van der Waals surface area contributed by atoms with Gasteiger partial charge in [-0.05, 0) is 78.9 Å². The number of hydrogen-bond acceptors (Lipinski definition) is 0. The number of fused-ring (bicyclic) bond motifs is 3. The van der Waals surface area contributed by atoms with Gasteiger partial charge in [0.25, 0.3) is 0 Å². The Morgan fingerprint density at radius 3 is 0.966 bits per heavy atom. The first-order chi connectivity index (χ1) is 13.6. The van der Waals surface area contributed by atoms with E-state index in [1.54, 1.807) is 0 Å². The van der Waals surface area contributed by atoms with Crippen molar-refractivity contribution in [1.82, 2.24) is 0 Å². The predicted molar refractivity (Wildman–Crippen MR) is 141 cm³/mol. The van der Waals surface area contributed by atoms with E-state index in [4.69, 9.17) is 0 Å². The molecule has 0 nitrogen and oxygen atoms in total. The van der Waals surface area contributed by atoms with E-state index >= 15 is 0 Å². The normalized spacial score (nSPS) is 10.2. The van der Waals surface area contributed by atoms with Gasteiger partial charge in [-0.15, -0.1) is 0 Å². The van der Waals surface area contributed by atoms with Crippen LogP contribution in [0.25, 0.3) is 21.5 Å². The van der Waals surface area contributed by atoms with Crippen LogP contribution >= 0.6 is 15.8 Å². The number of rotatable bonds is 6. The SMILES string of the molecule is CC[PH+](CC)CC.CC[PH+](CC)CC.[Ni].c1ccc2c(c1)ccc1ccccc12. The zero-order chi connectivity index (χ0) is 20.8. The molecular weight excluding hydrogens is 433 g/mol. The van der Waals surface area contributed by atoms with E-state index in [-0.39, 0.29) is 32.3 Å². The molecule has 0 aromatic heterocycles. The molecule has 0 aliphatic carbocycles. The van der Waals surface area contributed by atoms with Gasteiger partial charge in [0.1, 0.15) is 0 Å². The quantitative estimate of drug-likeness (QED) is 0.191. The van der Waals surface area contributed by atoms with Gasteiger partial charge in [0.2, 0.25) is 0 Å². The molecule has 0 saturated heterocycles. The Labute approximate surface area is 192 Å². The second-order valence-corrected chi connectivity index (χ2v) is 14.4. The summed E-state index contributed by atoms with van der Waals surface area (Å²) < 4.78 is 0. The molecule has 29 heavy (non-hydrogen) atoms. The van der Waals surface area contributed by atoms with Crippen molar-refractivity contribution in [1.29, 1.82) is 0 Å². The number of benzene rings is 3. The van der Waals surface area contributed by atoms with Gasteiger partial charge in [-0.2, -0.15) is 0 Å². The summed E-state index contributed by atoms with van der Waals surface area (Å²) in [6.07, 6.45) is 8.74. The molecule has 0 atom stereocenters. The fraction of sp³-hybridized carbons (Fsp3) is 0.462. The summed E-state index contributed by atoms with van der Waals surface area (Å²) in [6, 6.07) is 21.4. The van der Waals surface area contributed by atoms with Crippen molar-refractivity contribution in [3.05, 3.63) is 60.7 Å². The van der Waals surface area contributed by atoms with Crippen molar-refractivity contribution in [2.24, 2.45) is 0 Å². The van der Waals surface area contributed by atoms with Crippen LogP contribution in [0.5, 0.6) is 0 Å². The van der Waals surface area contributed by atoms with Crippen molar-refractivity contribution < 1.29 is 16.5 Å². The van der Waals surface area contributed by atoms with Gasteiger partial charge in [-0.1, -0.05) is 60.7 Å². The molecule has 3 heteroatoms. The molecule has 3 aromatic carbocycles. The van der Waals surface area contributed by atoms with Crippen LogP contribution in [0.4, 0.5) is 0 Å². The molecule has 0 amide bonds. The van der Waals surface area contributed by atoms with Gasteiger partial charge in [-0.25, -0.2) is 0 Å². The van der Waals surface area contributed by atoms with Crippen molar-refractivity contribution in [3.8, 4) is 0 Å². The molecule has 3 rings (SSSR count). The van der Waals surface area contributed by atoms with E-state index in [1.165, 1.54) is 58.5 Å². The second kappa shape index (κ2) is 17.2. The van der Waals surface area contributed by atoms with Gasteiger partial charge < -0.3 is 0 Å². The molecule has 0 saturated carbocycles. The van der Waals surface area contributed by atoms with E-state index in [0.717, 1.165) is 0 Å². The second-order valence-electron chi connectivity index (χ2n) is 7.13. The molecule has 0 bridgehead atoms. The number of hydrogen-bond donors (Lipinski definition) is 0. The summed E-state index contributed by atoms with van der Waals surface area (Å²) in [6.45, 7) is 13.8. The van der Waals surface area contributed by atoms with Crippen LogP contribution in [0.1, 0.15) is 41.5 Å². The van der Waals surface area contributed by atoms with Crippen molar-refractivity contribution in [2.45, 2.75) is 41.5 Å². The van der Waals surface area contributed by atoms with E-state index in [9.17, 15) is 0 Å². The van der Waals surface area contributed by atoms with Gasteiger partial charge in [-0.3, -0.25) is 0 Å². The minimum Gasteiger partial charge on any atom is -0.0616 e. The molecule has 0 radical (unpaired) electrons. The molecule has 3 aromatic rings. The van der Waals surface area contributed by atoms with E-state index in [1.807, 2.05) is 0 Å². The molecule has 0 unspecified atom stereocenters. The molecule has 0 heterocycles. The zero-order valence-electron chi connectivity index (χ0n) is 19.3. The van der Waals surface area contributed by atoms with Gasteiger partial charge in [0, 0.05) is 16.5 Å². The maximum atomic E-state index is 2.31. The molecule has 0 N–H and O–H groups in total. The van der Waals surface area contributed by atoms with Crippen molar-refractivity contribution in [2.75, 3.05) is 37.0 Å². The third-order valence-corrected chi connectivity index (χ3v) is 11.7. The third kappa shape index (κ3) is 9.92. The Kier molecular flexibility index (Phi) is 17.0. The smallest absolute Gasteiger partial charge is 0.0543 e.